The van der Waals surface area contributed by atoms with Crippen molar-refractivity contribution in [1.29, 1.82) is 0 Å². The van der Waals surface area contributed by atoms with E-state index in [0.29, 0.717) is 5.75 Å². The number of ether oxygens (including phenoxy) is 1. The number of nitrogens with one attached hydrogen (secondary N) is 1. The van der Waals surface area contributed by atoms with Gasteiger partial charge in [-0.05, 0) is 50.2 Å². The molecule has 0 spiro atoms. The Bertz CT molecular complexity index is 586. The summed E-state index contributed by atoms with van der Waals surface area (Å²) >= 11 is 0. The smallest absolute Gasteiger partial charge is 0.166 e. The number of aryl methyl sites for hydroxylation is 1. The van der Waals surface area contributed by atoms with E-state index in [1.165, 1.54) is 6.07 Å². The van der Waals surface area contributed by atoms with Crippen LogP contribution in [0.4, 0.5) is 4.39 Å². The highest BCUT2D eigenvalue weighted by atomic mass is 19.1. The number of aromatic nitrogens is 1. The molecule has 0 aliphatic heterocycles. The molecule has 1 aromatic carbocycles. The first kappa shape index (κ1) is 14.5. The van der Waals surface area contributed by atoms with E-state index in [1.807, 2.05) is 26.8 Å². The number of halogens is 1. The molecule has 0 aliphatic carbocycles. The second kappa shape index (κ2) is 6.48. The van der Waals surface area contributed by atoms with Crippen LogP contribution in [0.2, 0.25) is 0 Å². The molecule has 2 rings (SSSR count). The maximum absolute atomic E-state index is 14.1. The molecule has 20 heavy (non-hydrogen) atoms. The van der Waals surface area contributed by atoms with E-state index >= 15 is 0 Å². The van der Waals surface area contributed by atoms with Gasteiger partial charge in [0.25, 0.3) is 0 Å². The summed E-state index contributed by atoms with van der Waals surface area (Å²) in [6, 6.07) is 8.69. The van der Waals surface area contributed by atoms with Crippen LogP contribution in [0.1, 0.15) is 31.1 Å². The zero-order valence-corrected chi connectivity index (χ0v) is 12.0. The van der Waals surface area contributed by atoms with Gasteiger partial charge in [0.1, 0.15) is 5.75 Å². The Labute approximate surface area is 118 Å². The maximum atomic E-state index is 14.1. The van der Waals surface area contributed by atoms with Crippen molar-refractivity contribution in [3.63, 3.8) is 0 Å². The summed E-state index contributed by atoms with van der Waals surface area (Å²) in [5.74, 6) is 0.419. The number of rotatable bonds is 5. The average molecular weight is 274 g/mol. The molecule has 0 saturated carbocycles. The number of hydrogen-bond donors (Lipinski definition) is 1. The minimum absolute atomic E-state index is 0.115. The van der Waals surface area contributed by atoms with Crippen LogP contribution >= 0.6 is 0 Å². The lowest BCUT2D eigenvalue weighted by atomic mass is 10.1. The fraction of sp³-hybridized carbons (Fsp3) is 0.312. The molecule has 1 aromatic heterocycles. The number of nitrogens with zero attached hydrogens (tertiary/aromatic N) is 1. The first-order valence-electron chi connectivity index (χ1n) is 6.74. The zero-order valence-electron chi connectivity index (χ0n) is 12.0. The van der Waals surface area contributed by atoms with Crippen molar-refractivity contribution in [3.05, 3.63) is 53.6 Å². The molecular formula is C16H19FN2O. The van der Waals surface area contributed by atoms with Gasteiger partial charge in [0.05, 0.1) is 5.69 Å². The van der Waals surface area contributed by atoms with Crippen LogP contribution in [0.5, 0.6) is 11.5 Å². The molecule has 0 saturated heterocycles. The fourth-order valence-electron chi connectivity index (χ4n) is 1.99. The second-order valence-electron chi connectivity index (χ2n) is 4.66. The van der Waals surface area contributed by atoms with E-state index in [1.54, 1.807) is 24.4 Å². The van der Waals surface area contributed by atoms with Gasteiger partial charge in [-0.25, -0.2) is 4.39 Å². The zero-order chi connectivity index (χ0) is 14.5. The summed E-state index contributed by atoms with van der Waals surface area (Å²) in [5.41, 5.74) is 1.64. The molecule has 0 aliphatic rings. The highest BCUT2D eigenvalue weighted by Gasteiger charge is 2.11. The van der Waals surface area contributed by atoms with Crippen LogP contribution < -0.4 is 10.1 Å². The predicted molar refractivity (Wildman–Crippen MR) is 77.5 cm³/mol. The third-order valence-corrected chi connectivity index (χ3v) is 3.14. The first-order valence-corrected chi connectivity index (χ1v) is 6.74. The highest BCUT2D eigenvalue weighted by Crippen LogP contribution is 2.28. The van der Waals surface area contributed by atoms with E-state index in [9.17, 15) is 4.39 Å². The third kappa shape index (κ3) is 3.33. The minimum Gasteiger partial charge on any atom is -0.452 e. The van der Waals surface area contributed by atoms with E-state index in [0.717, 1.165) is 17.8 Å². The van der Waals surface area contributed by atoms with Crippen LogP contribution in [0.3, 0.4) is 0 Å². The Morgan fingerprint density at radius 2 is 2.10 bits per heavy atom. The normalized spacial score (nSPS) is 12.2. The Morgan fingerprint density at radius 1 is 1.30 bits per heavy atom. The molecule has 1 heterocycles. The van der Waals surface area contributed by atoms with Crippen molar-refractivity contribution in [1.82, 2.24) is 10.3 Å². The average Bonchev–Trinajstić information content (AvgIpc) is 2.43. The minimum atomic E-state index is -0.365. The summed E-state index contributed by atoms with van der Waals surface area (Å²) in [6.45, 7) is 6.70. The van der Waals surface area contributed by atoms with E-state index < -0.39 is 0 Å². The van der Waals surface area contributed by atoms with Crippen molar-refractivity contribution in [2.75, 3.05) is 6.54 Å². The van der Waals surface area contributed by atoms with Gasteiger partial charge < -0.3 is 10.1 Å². The number of hydrogen-bond acceptors (Lipinski definition) is 3. The monoisotopic (exact) mass is 274 g/mol. The van der Waals surface area contributed by atoms with Gasteiger partial charge in [-0.3, -0.25) is 4.98 Å². The van der Waals surface area contributed by atoms with Gasteiger partial charge in [0, 0.05) is 12.2 Å². The molecule has 1 atom stereocenters. The van der Waals surface area contributed by atoms with Crippen LogP contribution in [0.15, 0.2) is 36.5 Å². The van der Waals surface area contributed by atoms with Crippen molar-refractivity contribution in [2.24, 2.45) is 0 Å². The molecule has 2 aromatic rings. The molecule has 0 bridgehead atoms. The van der Waals surface area contributed by atoms with Crippen molar-refractivity contribution >= 4 is 0 Å². The molecular weight excluding hydrogens is 255 g/mol. The second-order valence-corrected chi connectivity index (χ2v) is 4.66. The molecule has 0 fully saturated rings. The molecule has 0 radical (unpaired) electrons. The van der Waals surface area contributed by atoms with Crippen LogP contribution in [0.25, 0.3) is 0 Å². The largest absolute Gasteiger partial charge is 0.452 e. The molecule has 3 nitrogen and oxygen atoms in total. The molecule has 106 valence electrons. The highest BCUT2D eigenvalue weighted by molar-refractivity contribution is 5.36. The number of benzene rings is 1. The third-order valence-electron chi connectivity index (χ3n) is 3.14. The number of pyridine rings is 1. The van der Waals surface area contributed by atoms with Gasteiger partial charge in [-0.15, -0.1) is 0 Å². The van der Waals surface area contributed by atoms with Gasteiger partial charge in [-0.1, -0.05) is 13.0 Å². The Hall–Kier alpha value is -1.94. The summed E-state index contributed by atoms with van der Waals surface area (Å²) in [6.07, 6.45) is 1.68. The SMILES string of the molecule is CCNC(C)c1ccc(Oc2cccnc2C)c(F)c1. The lowest BCUT2D eigenvalue weighted by Gasteiger charge is -2.14. The lowest BCUT2D eigenvalue weighted by molar-refractivity contribution is 0.435. The quantitative estimate of drug-likeness (QED) is 0.895. The molecule has 4 heteroatoms. The topological polar surface area (TPSA) is 34.1 Å². The molecule has 1 unspecified atom stereocenters. The first-order chi connectivity index (χ1) is 9.61. The summed E-state index contributed by atoms with van der Waals surface area (Å²) in [5, 5.41) is 3.25. The van der Waals surface area contributed by atoms with Crippen molar-refractivity contribution < 1.29 is 9.13 Å². The predicted octanol–water partition coefficient (Wildman–Crippen LogP) is 3.99. The summed E-state index contributed by atoms with van der Waals surface area (Å²) < 4.78 is 19.7. The summed E-state index contributed by atoms with van der Waals surface area (Å²) in [7, 11) is 0. The van der Waals surface area contributed by atoms with Gasteiger partial charge in [0.15, 0.2) is 11.6 Å². The van der Waals surface area contributed by atoms with Crippen LogP contribution in [0, 0.1) is 12.7 Å². The standard InChI is InChI=1S/C16H19FN2O/c1-4-18-11(2)13-7-8-16(14(17)10-13)20-15-6-5-9-19-12(15)3/h5-11,18H,4H2,1-3H3. The van der Waals surface area contributed by atoms with Crippen molar-refractivity contribution in [3.8, 4) is 11.5 Å². The van der Waals surface area contributed by atoms with Gasteiger partial charge in [-0.2, -0.15) is 0 Å². The van der Waals surface area contributed by atoms with Crippen molar-refractivity contribution in [2.45, 2.75) is 26.8 Å². The van der Waals surface area contributed by atoms with E-state index in [4.69, 9.17) is 4.74 Å². The van der Waals surface area contributed by atoms with Crippen LogP contribution in [-0.4, -0.2) is 11.5 Å². The molecule has 1 N–H and O–H groups in total. The lowest BCUT2D eigenvalue weighted by Crippen LogP contribution is -2.17. The molecule has 0 amide bonds. The van der Waals surface area contributed by atoms with Gasteiger partial charge in [0.2, 0.25) is 0 Å². The van der Waals surface area contributed by atoms with Gasteiger partial charge >= 0.3 is 0 Å². The Morgan fingerprint density at radius 3 is 2.75 bits per heavy atom. The fourth-order valence-corrected chi connectivity index (χ4v) is 1.99. The Kier molecular flexibility index (Phi) is 4.69. The Balaban J connectivity index is 2.20. The van der Waals surface area contributed by atoms with Crippen LogP contribution in [-0.2, 0) is 0 Å². The maximum Gasteiger partial charge on any atom is 0.166 e. The van der Waals surface area contributed by atoms with E-state index in [2.05, 4.69) is 10.3 Å². The summed E-state index contributed by atoms with van der Waals surface area (Å²) in [4.78, 5) is 4.12. The van der Waals surface area contributed by atoms with E-state index in [-0.39, 0.29) is 17.6 Å².